The minimum absolute atomic E-state index is 0.200. The molecule has 1 atom stereocenters. The van der Waals surface area contributed by atoms with E-state index in [9.17, 15) is 4.79 Å². The maximum absolute atomic E-state index is 10.5. The molecule has 0 saturated carbocycles. The summed E-state index contributed by atoms with van der Waals surface area (Å²) in [6.07, 6.45) is 0.855. The summed E-state index contributed by atoms with van der Waals surface area (Å²) < 4.78 is 0. The van der Waals surface area contributed by atoms with Gasteiger partial charge in [0.05, 0.1) is 16.7 Å². The zero-order valence-corrected chi connectivity index (χ0v) is 11.8. The molecule has 20 heavy (non-hydrogen) atoms. The maximum Gasteiger partial charge on any atom is 0.303 e. The van der Waals surface area contributed by atoms with E-state index in [-0.39, 0.29) is 12.3 Å². The van der Waals surface area contributed by atoms with Gasteiger partial charge in [0.15, 0.2) is 0 Å². The molecule has 106 valence electrons. The van der Waals surface area contributed by atoms with Crippen LogP contribution < -0.4 is 5.32 Å². The normalized spacial score (nSPS) is 12.3. The lowest BCUT2D eigenvalue weighted by molar-refractivity contribution is -0.137. The van der Waals surface area contributed by atoms with E-state index in [2.05, 4.69) is 15.3 Å². The highest BCUT2D eigenvalue weighted by atomic mass is 16.4. The van der Waals surface area contributed by atoms with E-state index in [0.29, 0.717) is 13.0 Å². The topological polar surface area (TPSA) is 75.1 Å². The van der Waals surface area contributed by atoms with Crippen LogP contribution in [0.3, 0.4) is 0 Å². The molecule has 2 rings (SSSR count). The standard InChI is InChI=1S/C15H19N3O2/c1-10(7-8-14(19)20)9-16-15-11(2)17-12-5-3-4-6-13(12)18-15/h3-6,10H,7-9H2,1-2H3,(H,16,18)(H,19,20). The highest BCUT2D eigenvalue weighted by Crippen LogP contribution is 2.16. The number of anilines is 1. The summed E-state index contributed by atoms with van der Waals surface area (Å²) in [5.41, 5.74) is 2.60. The van der Waals surface area contributed by atoms with Crippen molar-refractivity contribution in [3.8, 4) is 0 Å². The number of aryl methyl sites for hydroxylation is 1. The van der Waals surface area contributed by atoms with E-state index in [1.807, 2.05) is 38.1 Å². The number of fused-ring (bicyclic) bond motifs is 1. The molecule has 2 aromatic rings. The maximum atomic E-state index is 10.5. The van der Waals surface area contributed by atoms with Gasteiger partial charge in [0.1, 0.15) is 5.82 Å². The molecule has 0 bridgehead atoms. The first-order valence-corrected chi connectivity index (χ1v) is 6.75. The van der Waals surface area contributed by atoms with Crippen LogP contribution in [0.5, 0.6) is 0 Å². The van der Waals surface area contributed by atoms with Gasteiger partial charge in [-0.25, -0.2) is 9.97 Å². The van der Waals surface area contributed by atoms with Gasteiger partial charge in [0.25, 0.3) is 0 Å². The fourth-order valence-electron chi connectivity index (χ4n) is 2.00. The first-order chi connectivity index (χ1) is 9.56. The van der Waals surface area contributed by atoms with Crippen LogP contribution in [0.2, 0.25) is 0 Å². The second-order valence-electron chi connectivity index (χ2n) is 5.06. The number of carbonyl (C=O) groups is 1. The Bertz CT molecular complexity index is 613. The molecule has 1 aromatic carbocycles. The number of carboxylic acid groups (broad SMARTS) is 1. The van der Waals surface area contributed by atoms with Gasteiger partial charge >= 0.3 is 5.97 Å². The zero-order chi connectivity index (χ0) is 14.5. The molecule has 1 heterocycles. The van der Waals surface area contributed by atoms with Gasteiger partial charge in [-0.2, -0.15) is 0 Å². The second-order valence-corrected chi connectivity index (χ2v) is 5.06. The van der Waals surface area contributed by atoms with E-state index in [1.54, 1.807) is 0 Å². The molecule has 1 aromatic heterocycles. The van der Waals surface area contributed by atoms with Gasteiger partial charge in [-0.05, 0) is 31.4 Å². The third-order valence-electron chi connectivity index (χ3n) is 3.21. The predicted molar refractivity (Wildman–Crippen MR) is 78.8 cm³/mol. The quantitative estimate of drug-likeness (QED) is 0.846. The number of aliphatic carboxylic acids is 1. The molecule has 1 unspecified atom stereocenters. The van der Waals surface area contributed by atoms with E-state index in [0.717, 1.165) is 22.5 Å². The molecule has 0 aliphatic heterocycles. The van der Waals surface area contributed by atoms with Crippen molar-refractivity contribution in [2.24, 2.45) is 5.92 Å². The molecule has 0 aliphatic carbocycles. The Kier molecular flexibility index (Phi) is 4.50. The minimum Gasteiger partial charge on any atom is -0.481 e. The average Bonchev–Trinajstić information content (AvgIpc) is 2.42. The molecule has 0 saturated heterocycles. The number of carboxylic acids is 1. The molecular weight excluding hydrogens is 254 g/mol. The highest BCUT2D eigenvalue weighted by molar-refractivity contribution is 5.76. The van der Waals surface area contributed by atoms with E-state index in [1.165, 1.54) is 0 Å². The molecule has 0 spiro atoms. The van der Waals surface area contributed by atoms with Crippen molar-refractivity contribution in [3.05, 3.63) is 30.0 Å². The van der Waals surface area contributed by atoms with Gasteiger partial charge in [-0.1, -0.05) is 19.1 Å². The van der Waals surface area contributed by atoms with Crippen LogP contribution in [0.4, 0.5) is 5.82 Å². The van der Waals surface area contributed by atoms with Crippen LogP contribution in [-0.2, 0) is 4.79 Å². The first-order valence-electron chi connectivity index (χ1n) is 6.75. The highest BCUT2D eigenvalue weighted by Gasteiger charge is 2.08. The number of aromatic nitrogens is 2. The van der Waals surface area contributed by atoms with Crippen molar-refractivity contribution in [3.63, 3.8) is 0 Å². The van der Waals surface area contributed by atoms with Crippen LogP contribution >= 0.6 is 0 Å². The summed E-state index contributed by atoms with van der Waals surface area (Å²) in [5, 5.41) is 11.9. The zero-order valence-electron chi connectivity index (χ0n) is 11.8. The number of benzene rings is 1. The van der Waals surface area contributed by atoms with Crippen LogP contribution in [0.25, 0.3) is 11.0 Å². The first kappa shape index (κ1) is 14.2. The fourth-order valence-corrected chi connectivity index (χ4v) is 2.00. The van der Waals surface area contributed by atoms with Crippen molar-refractivity contribution in [1.29, 1.82) is 0 Å². The summed E-state index contributed by atoms with van der Waals surface area (Å²) in [7, 11) is 0. The van der Waals surface area contributed by atoms with Gasteiger partial charge in [-0.3, -0.25) is 4.79 Å². The van der Waals surface area contributed by atoms with Crippen molar-refractivity contribution in [2.75, 3.05) is 11.9 Å². The van der Waals surface area contributed by atoms with E-state index >= 15 is 0 Å². The summed E-state index contributed by atoms with van der Waals surface area (Å²) in [6.45, 7) is 4.64. The predicted octanol–water partition coefficient (Wildman–Crippen LogP) is 2.85. The molecule has 5 nitrogen and oxygen atoms in total. The lowest BCUT2D eigenvalue weighted by atomic mass is 10.1. The summed E-state index contributed by atoms with van der Waals surface area (Å²) in [5.74, 6) is 0.295. The van der Waals surface area contributed by atoms with Gasteiger partial charge in [0, 0.05) is 13.0 Å². The Hall–Kier alpha value is -2.17. The van der Waals surface area contributed by atoms with Gasteiger partial charge < -0.3 is 10.4 Å². The van der Waals surface area contributed by atoms with E-state index in [4.69, 9.17) is 5.11 Å². The van der Waals surface area contributed by atoms with Gasteiger partial charge in [-0.15, -0.1) is 0 Å². The third kappa shape index (κ3) is 3.66. The fraction of sp³-hybridized carbons (Fsp3) is 0.400. The summed E-state index contributed by atoms with van der Waals surface area (Å²) in [4.78, 5) is 19.6. The lowest BCUT2D eigenvalue weighted by Crippen LogP contribution is -2.14. The number of hydrogen-bond acceptors (Lipinski definition) is 4. The minimum atomic E-state index is -0.751. The van der Waals surface area contributed by atoms with E-state index < -0.39 is 5.97 Å². The van der Waals surface area contributed by atoms with Crippen molar-refractivity contribution >= 4 is 22.8 Å². The average molecular weight is 273 g/mol. The number of nitrogens with zero attached hydrogens (tertiary/aromatic N) is 2. The number of hydrogen-bond donors (Lipinski definition) is 2. The molecule has 2 N–H and O–H groups in total. The SMILES string of the molecule is Cc1nc2ccccc2nc1NCC(C)CCC(=O)O. The Morgan fingerprint density at radius 2 is 1.95 bits per heavy atom. The Labute approximate surface area is 118 Å². The van der Waals surface area contributed by atoms with Crippen LogP contribution in [-0.4, -0.2) is 27.6 Å². The second kappa shape index (κ2) is 6.32. The number of para-hydroxylation sites is 2. The molecule has 0 amide bonds. The Balaban J connectivity index is 2.02. The van der Waals surface area contributed by atoms with Crippen molar-refractivity contribution < 1.29 is 9.90 Å². The number of nitrogens with one attached hydrogen (secondary N) is 1. The van der Waals surface area contributed by atoms with Crippen molar-refractivity contribution in [2.45, 2.75) is 26.7 Å². The largest absolute Gasteiger partial charge is 0.481 e. The molecule has 5 heteroatoms. The third-order valence-corrected chi connectivity index (χ3v) is 3.21. The molecule has 0 aliphatic rings. The monoisotopic (exact) mass is 273 g/mol. The number of rotatable bonds is 6. The van der Waals surface area contributed by atoms with Crippen LogP contribution in [0, 0.1) is 12.8 Å². The molecular formula is C15H19N3O2. The smallest absolute Gasteiger partial charge is 0.303 e. The lowest BCUT2D eigenvalue weighted by Gasteiger charge is -2.13. The summed E-state index contributed by atoms with van der Waals surface area (Å²) in [6, 6.07) is 7.75. The molecule has 0 fully saturated rings. The van der Waals surface area contributed by atoms with Gasteiger partial charge in [0.2, 0.25) is 0 Å². The Morgan fingerprint density at radius 1 is 1.30 bits per heavy atom. The van der Waals surface area contributed by atoms with Crippen LogP contribution in [0.1, 0.15) is 25.5 Å². The summed E-state index contributed by atoms with van der Waals surface area (Å²) >= 11 is 0. The van der Waals surface area contributed by atoms with Crippen LogP contribution in [0.15, 0.2) is 24.3 Å². The van der Waals surface area contributed by atoms with Crippen molar-refractivity contribution in [1.82, 2.24) is 9.97 Å². The molecule has 0 radical (unpaired) electrons. The Morgan fingerprint density at radius 3 is 2.60 bits per heavy atom.